The van der Waals surface area contributed by atoms with Crippen molar-refractivity contribution in [3.63, 3.8) is 0 Å². The third-order valence-electron chi connectivity index (χ3n) is 4.03. The van der Waals surface area contributed by atoms with Crippen LogP contribution in [-0.2, 0) is 14.2 Å². The number of aliphatic hydroxyl groups is 1. The second-order valence-electron chi connectivity index (χ2n) is 6.04. The van der Waals surface area contributed by atoms with Crippen molar-refractivity contribution < 1.29 is 28.9 Å². The highest BCUT2D eigenvalue weighted by molar-refractivity contribution is 5.89. The van der Waals surface area contributed by atoms with Crippen LogP contribution in [0.5, 0.6) is 0 Å². The largest absolute Gasteiger partial charge is 0.459 e. The maximum atomic E-state index is 12.1. The van der Waals surface area contributed by atoms with E-state index in [1.165, 1.54) is 0 Å². The first-order chi connectivity index (χ1) is 12.6. The first-order valence-electron chi connectivity index (χ1n) is 8.43. The average Bonchev–Trinajstić information content (AvgIpc) is 2.67. The molecule has 1 aliphatic rings. The lowest BCUT2D eigenvalue weighted by Crippen LogP contribution is -2.40. The summed E-state index contributed by atoms with van der Waals surface area (Å²) >= 11 is 0. The van der Waals surface area contributed by atoms with E-state index in [9.17, 15) is 14.7 Å². The first-order valence-corrected chi connectivity index (χ1v) is 8.43. The molecule has 0 saturated carbocycles. The van der Waals surface area contributed by atoms with E-state index in [2.05, 4.69) is 0 Å². The fraction of sp³-hybridized carbons (Fsp3) is 0.300. The van der Waals surface area contributed by atoms with E-state index in [1.54, 1.807) is 48.5 Å². The zero-order chi connectivity index (χ0) is 18.4. The van der Waals surface area contributed by atoms with Crippen LogP contribution in [-0.4, -0.2) is 42.1 Å². The second kappa shape index (κ2) is 8.60. The average molecular weight is 356 g/mol. The predicted octanol–water partition coefficient (Wildman–Crippen LogP) is 2.57. The quantitative estimate of drug-likeness (QED) is 0.829. The van der Waals surface area contributed by atoms with Crippen molar-refractivity contribution in [2.45, 2.75) is 31.3 Å². The summed E-state index contributed by atoms with van der Waals surface area (Å²) in [4.78, 5) is 24.1. The number of carbonyl (C=O) groups excluding carboxylic acids is 2. The topological polar surface area (TPSA) is 82.1 Å². The number of hydrogen-bond donors (Lipinski definition) is 1. The summed E-state index contributed by atoms with van der Waals surface area (Å²) in [5.74, 6) is -0.920. The van der Waals surface area contributed by atoms with E-state index < -0.39 is 30.4 Å². The highest BCUT2D eigenvalue weighted by Gasteiger charge is 2.32. The van der Waals surface area contributed by atoms with Crippen LogP contribution in [0.1, 0.15) is 33.6 Å². The van der Waals surface area contributed by atoms with Gasteiger partial charge in [-0.15, -0.1) is 0 Å². The normalized spacial score (nSPS) is 22.4. The van der Waals surface area contributed by atoms with Crippen LogP contribution in [0.2, 0.25) is 0 Å². The number of aliphatic hydroxyl groups excluding tert-OH is 1. The van der Waals surface area contributed by atoms with Crippen molar-refractivity contribution in [2.24, 2.45) is 0 Å². The molecule has 1 saturated heterocycles. The standard InChI is InChI=1S/C20H20O6/c21-18-12-16(26-20(23)15-9-5-2-6-10-15)11-17(25-18)13-24-19(22)14-7-3-1-4-8-14/h1-10,16-18,21H,11-13H2/t16-,17+,18-/m1/s1. The van der Waals surface area contributed by atoms with Crippen LogP contribution in [0.15, 0.2) is 60.7 Å². The first kappa shape index (κ1) is 18.1. The number of ether oxygens (including phenoxy) is 3. The SMILES string of the molecule is O=C(OC[C@@H]1C[C@@H](OC(=O)c2ccccc2)C[C@H](O)O1)c1ccccc1. The minimum atomic E-state index is -1.07. The molecule has 2 aromatic carbocycles. The summed E-state index contributed by atoms with van der Waals surface area (Å²) in [6, 6.07) is 17.3. The minimum absolute atomic E-state index is 0.0236. The monoisotopic (exact) mass is 356 g/mol. The lowest BCUT2D eigenvalue weighted by Gasteiger charge is -2.32. The lowest BCUT2D eigenvalue weighted by atomic mass is 10.1. The highest BCUT2D eigenvalue weighted by atomic mass is 16.6. The van der Waals surface area contributed by atoms with Gasteiger partial charge in [-0.05, 0) is 24.3 Å². The third kappa shape index (κ3) is 4.91. The Balaban J connectivity index is 1.53. The van der Waals surface area contributed by atoms with E-state index in [4.69, 9.17) is 14.2 Å². The van der Waals surface area contributed by atoms with E-state index in [1.807, 2.05) is 12.1 Å². The Morgan fingerprint density at radius 2 is 1.50 bits per heavy atom. The molecule has 0 bridgehead atoms. The lowest BCUT2D eigenvalue weighted by molar-refractivity contribution is -0.197. The molecule has 0 spiro atoms. The second-order valence-corrected chi connectivity index (χ2v) is 6.04. The molecule has 0 aliphatic carbocycles. The van der Waals surface area contributed by atoms with Gasteiger partial charge in [0.25, 0.3) is 0 Å². The van der Waals surface area contributed by atoms with Gasteiger partial charge in [-0.1, -0.05) is 36.4 Å². The van der Waals surface area contributed by atoms with Crippen molar-refractivity contribution in [3.8, 4) is 0 Å². The Bertz CT molecular complexity index is 730. The number of carbonyl (C=O) groups is 2. The molecule has 6 heteroatoms. The van der Waals surface area contributed by atoms with Gasteiger partial charge in [0.05, 0.1) is 17.2 Å². The van der Waals surface area contributed by atoms with E-state index in [0.29, 0.717) is 17.5 Å². The molecular weight excluding hydrogens is 336 g/mol. The number of benzene rings is 2. The summed E-state index contributed by atoms with van der Waals surface area (Å²) in [5, 5.41) is 9.86. The molecule has 0 amide bonds. The van der Waals surface area contributed by atoms with E-state index >= 15 is 0 Å². The van der Waals surface area contributed by atoms with Crippen LogP contribution < -0.4 is 0 Å². The van der Waals surface area contributed by atoms with Gasteiger partial charge in [0.15, 0.2) is 6.29 Å². The fourth-order valence-corrected chi connectivity index (χ4v) is 2.77. The molecule has 26 heavy (non-hydrogen) atoms. The van der Waals surface area contributed by atoms with Crippen LogP contribution in [0.3, 0.4) is 0 Å². The Morgan fingerprint density at radius 3 is 2.12 bits per heavy atom. The van der Waals surface area contributed by atoms with Gasteiger partial charge in [0, 0.05) is 12.8 Å². The maximum absolute atomic E-state index is 12.1. The number of esters is 2. The van der Waals surface area contributed by atoms with Gasteiger partial charge < -0.3 is 19.3 Å². The number of hydrogen-bond acceptors (Lipinski definition) is 6. The van der Waals surface area contributed by atoms with Crippen LogP contribution >= 0.6 is 0 Å². The van der Waals surface area contributed by atoms with E-state index in [0.717, 1.165) is 0 Å². The van der Waals surface area contributed by atoms with E-state index in [-0.39, 0.29) is 13.0 Å². The van der Waals surface area contributed by atoms with Gasteiger partial charge in [-0.25, -0.2) is 9.59 Å². The molecule has 0 unspecified atom stereocenters. The molecule has 2 aromatic rings. The third-order valence-corrected chi connectivity index (χ3v) is 4.03. The zero-order valence-corrected chi connectivity index (χ0v) is 14.1. The van der Waals surface area contributed by atoms with Gasteiger partial charge in [0.2, 0.25) is 0 Å². The Labute approximate surface area is 151 Å². The Morgan fingerprint density at radius 1 is 0.923 bits per heavy atom. The van der Waals surface area contributed by atoms with Crippen molar-refractivity contribution in [3.05, 3.63) is 71.8 Å². The van der Waals surface area contributed by atoms with Gasteiger partial charge in [-0.2, -0.15) is 0 Å². The predicted molar refractivity (Wildman–Crippen MR) is 92.5 cm³/mol. The summed E-state index contributed by atoms with van der Waals surface area (Å²) in [7, 11) is 0. The smallest absolute Gasteiger partial charge is 0.338 e. The fourth-order valence-electron chi connectivity index (χ4n) is 2.77. The molecule has 136 valence electrons. The van der Waals surface area contributed by atoms with Crippen molar-refractivity contribution >= 4 is 11.9 Å². The summed E-state index contributed by atoms with van der Waals surface area (Å²) < 4.78 is 16.1. The zero-order valence-electron chi connectivity index (χ0n) is 14.1. The molecule has 1 aliphatic heterocycles. The van der Waals surface area contributed by atoms with Gasteiger partial charge >= 0.3 is 11.9 Å². The van der Waals surface area contributed by atoms with Gasteiger partial charge in [-0.3, -0.25) is 0 Å². The van der Waals surface area contributed by atoms with Gasteiger partial charge in [0.1, 0.15) is 12.7 Å². The molecule has 1 fully saturated rings. The molecule has 1 N–H and O–H groups in total. The van der Waals surface area contributed by atoms with Crippen LogP contribution in [0, 0.1) is 0 Å². The summed E-state index contributed by atoms with van der Waals surface area (Å²) in [6.45, 7) is -0.0236. The summed E-state index contributed by atoms with van der Waals surface area (Å²) in [6.07, 6.45) is -1.59. The number of rotatable bonds is 5. The molecular formula is C20H20O6. The Hall–Kier alpha value is -2.70. The van der Waals surface area contributed by atoms with Crippen molar-refractivity contribution in [2.75, 3.05) is 6.61 Å². The molecule has 6 nitrogen and oxygen atoms in total. The van der Waals surface area contributed by atoms with Crippen LogP contribution in [0.4, 0.5) is 0 Å². The molecule has 1 heterocycles. The van der Waals surface area contributed by atoms with Crippen molar-refractivity contribution in [1.29, 1.82) is 0 Å². The molecule has 3 atom stereocenters. The maximum Gasteiger partial charge on any atom is 0.338 e. The minimum Gasteiger partial charge on any atom is -0.459 e. The Kier molecular flexibility index (Phi) is 5.99. The van der Waals surface area contributed by atoms with Crippen LogP contribution in [0.25, 0.3) is 0 Å². The highest BCUT2D eigenvalue weighted by Crippen LogP contribution is 2.22. The summed E-state index contributed by atoms with van der Waals surface area (Å²) in [5.41, 5.74) is 0.886. The van der Waals surface area contributed by atoms with Crippen molar-refractivity contribution in [1.82, 2.24) is 0 Å². The molecule has 0 aromatic heterocycles. The molecule has 0 radical (unpaired) electrons. The molecule has 3 rings (SSSR count).